The number of rotatable bonds is 21. The van der Waals surface area contributed by atoms with Gasteiger partial charge in [0.25, 0.3) is 0 Å². The van der Waals surface area contributed by atoms with Crippen molar-refractivity contribution < 1.29 is 38.4 Å². The molecule has 0 atom stereocenters. The van der Waals surface area contributed by atoms with Crippen molar-refractivity contribution in [2.24, 2.45) is 0 Å². The molecule has 0 aromatic heterocycles. The average molecular weight is 623 g/mol. The Morgan fingerprint density at radius 3 is 1.18 bits per heavy atom. The van der Waals surface area contributed by atoms with Gasteiger partial charge in [0.1, 0.15) is 0 Å². The monoisotopic (exact) mass is 622 g/mol. The van der Waals surface area contributed by atoms with E-state index in [1.54, 1.807) is 0 Å². The average Bonchev–Trinajstić information content (AvgIpc) is 2.87. The molecule has 40 heavy (non-hydrogen) atoms. The predicted octanol–water partition coefficient (Wildman–Crippen LogP) is 11.1. The largest absolute Gasteiger partial charge is 0.416 e. The molecule has 3 nitrogen and oxygen atoms in total. The minimum Gasteiger partial charge on any atom is -0.216 e. The van der Waals surface area contributed by atoms with Crippen molar-refractivity contribution in [3.8, 4) is 0 Å². The van der Waals surface area contributed by atoms with Crippen LogP contribution in [0.15, 0.2) is 23.1 Å². The highest BCUT2D eigenvalue weighted by atomic mass is 32.3. The van der Waals surface area contributed by atoms with Gasteiger partial charge in [0.2, 0.25) is 0 Å². The van der Waals surface area contributed by atoms with Crippen LogP contribution >= 0.6 is 10.3 Å². The van der Waals surface area contributed by atoms with Crippen LogP contribution in [0.2, 0.25) is 0 Å². The van der Waals surface area contributed by atoms with Gasteiger partial charge in [0, 0.05) is 17.3 Å². The van der Waals surface area contributed by atoms with Gasteiger partial charge in [0.15, 0.2) is 0 Å². The molecule has 0 aliphatic rings. The van der Waals surface area contributed by atoms with Gasteiger partial charge in [-0.25, -0.2) is 3.63 Å². The molecule has 1 rings (SSSR count). The number of halogens is 6. The second kappa shape index (κ2) is 17.9. The summed E-state index contributed by atoms with van der Waals surface area (Å²) in [7, 11) is -7.20. The number of hydrogen-bond acceptors (Lipinski definition) is 3. The summed E-state index contributed by atoms with van der Waals surface area (Å²) in [6.07, 6.45) is 3.65. The Morgan fingerprint density at radius 2 is 0.875 bits per heavy atom. The molecule has 0 radical (unpaired) electrons. The van der Waals surface area contributed by atoms with E-state index in [2.05, 4.69) is 20.8 Å². The summed E-state index contributed by atoms with van der Waals surface area (Å²) in [5.41, 5.74) is -3.33. The van der Waals surface area contributed by atoms with Crippen LogP contribution in [0, 0.1) is 0 Å². The molecular weight excluding hydrogens is 574 g/mol. The van der Waals surface area contributed by atoms with E-state index in [-0.39, 0.29) is 18.2 Å². The van der Waals surface area contributed by atoms with Gasteiger partial charge in [-0.05, 0) is 37.5 Å². The maximum absolute atomic E-state index is 13.5. The van der Waals surface area contributed by atoms with Crippen LogP contribution in [0.4, 0.5) is 26.3 Å². The fourth-order valence-corrected chi connectivity index (χ4v) is 10.6. The number of hydrogen-bond donors (Lipinski definition) is 0. The fraction of sp³-hybridized carbons (Fsp3) is 0.793. The van der Waals surface area contributed by atoms with E-state index in [0.29, 0.717) is 36.5 Å². The van der Waals surface area contributed by atoms with E-state index in [1.165, 1.54) is 0 Å². The molecule has 236 valence electrons. The lowest BCUT2D eigenvalue weighted by atomic mass is 10.1. The van der Waals surface area contributed by atoms with Gasteiger partial charge >= 0.3 is 22.5 Å². The van der Waals surface area contributed by atoms with Crippen LogP contribution in [-0.4, -0.2) is 25.7 Å². The molecule has 0 N–H and O–H groups in total. The zero-order valence-corrected chi connectivity index (χ0v) is 25.9. The first-order valence-corrected chi connectivity index (χ1v) is 18.2. The Morgan fingerprint density at radius 1 is 0.550 bits per heavy atom. The van der Waals surface area contributed by atoms with Gasteiger partial charge in [-0.1, -0.05) is 97.8 Å². The van der Waals surface area contributed by atoms with E-state index in [1.807, 2.05) is 0 Å². The van der Waals surface area contributed by atoms with Crippen molar-refractivity contribution in [2.75, 3.05) is 17.3 Å². The van der Waals surface area contributed by atoms with Crippen LogP contribution in [0.5, 0.6) is 0 Å². The van der Waals surface area contributed by atoms with E-state index in [9.17, 15) is 34.8 Å². The first kappa shape index (κ1) is 37.1. The van der Waals surface area contributed by atoms with E-state index in [0.717, 1.165) is 77.0 Å². The maximum atomic E-state index is 13.5. The molecule has 0 bridgehead atoms. The first-order chi connectivity index (χ1) is 18.7. The molecule has 0 amide bonds. The first-order valence-electron chi connectivity index (χ1n) is 14.7. The Hall–Kier alpha value is -0.940. The number of benzene rings is 1. The molecule has 0 unspecified atom stereocenters. The molecule has 0 saturated heterocycles. The highest BCUT2D eigenvalue weighted by Crippen LogP contribution is 2.54. The van der Waals surface area contributed by atoms with Gasteiger partial charge in [0.05, 0.1) is 16.0 Å². The molecule has 11 heteroatoms. The smallest absolute Gasteiger partial charge is 0.216 e. The summed E-state index contributed by atoms with van der Waals surface area (Å²) < 4.78 is 114. The maximum Gasteiger partial charge on any atom is 0.416 e. The highest BCUT2D eigenvalue weighted by Gasteiger charge is 2.40. The molecule has 1 aromatic rings. The SMILES string of the molecule is CCCCCCCS(CCCCCCC)(CCCCCCC)OS(=O)(=O)c1cc(C(F)(F)F)cc(C(F)(F)F)c1. The highest BCUT2D eigenvalue weighted by molar-refractivity contribution is 8.33. The standard InChI is InChI=1S/C29H48F6O3S2/c1-4-7-10-13-16-19-39(20-17-14-11-8-5-2,21-18-15-12-9-6-3)38-40(36,37)27-23-25(28(30,31)32)22-26(24-27)29(33,34)35/h22-24H,4-21H2,1-3H3. The lowest BCUT2D eigenvalue weighted by Gasteiger charge is -2.39. The normalized spacial score (nSPS) is 13.6. The van der Waals surface area contributed by atoms with Gasteiger partial charge in [-0.2, -0.15) is 34.8 Å². The third kappa shape index (κ3) is 13.8. The third-order valence-electron chi connectivity index (χ3n) is 6.94. The summed E-state index contributed by atoms with van der Waals surface area (Å²) in [4.78, 5) is -1.09. The van der Waals surface area contributed by atoms with Gasteiger partial charge in [-0.3, -0.25) is 0 Å². The molecule has 1 aromatic carbocycles. The third-order valence-corrected chi connectivity index (χ3v) is 12.7. The molecule has 0 saturated carbocycles. The van der Waals surface area contributed by atoms with Crippen molar-refractivity contribution in [3.63, 3.8) is 0 Å². The van der Waals surface area contributed by atoms with Crippen LogP contribution in [-0.2, 0) is 26.1 Å². The van der Waals surface area contributed by atoms with Gasteiger partial charge < -0.3 is 0 Å². The topological polar surface area (TPSA) is 43.4 Å². The Balaban J connectivity index is 3.42. The predicted molar refractivity (Wildman–Crippen MR) is 153 cm³/mol. The summed E-state index contributed by atoms with van der Waals surface area (Å²) in [5, 5.41) is 0. The van der Waals surface area contributed by atoms with Crippen LogP contribution in [0.25, 0.3) is 0 Å². The Labute approximate surface area is 239 Å². The van der Waals surface area contributed by atoms with Crippen molar-refractivity contribution in [3.05, 3.63) is 29.3 Å². The number of alkyl halides is 6. The molecule has 0 heterocycles. The van der Waals surface area contributed by atoms with Crippen molar-refractivity contribution in [1.29, 1.82) is 0 Å². The lowest BCUT2D eigenvalue weighted by Crippen LogP contribution is -2.22. The molecule has 0 aliphatic carbocycles. The van der Waals surface area contributed by atoms with E-state index < -0.39 is 48.8 Å². The van der Waals surface area contributed by atoms with Crippen LogP contribution in [0.3, 0.4) is 0 Å². The fourth-order valence-electron chi connectivity index (χ4n) is 4.61. The Kier molecular flexibility index (Phi) is 16.6. The lowest BCUT2D eigenvalue weighted by molar-refractivity contribution is -0.143. The van der Waals surface area contributed by atoms with Crippen LogP contribution < -0.4 is 0 Å². The van der Waals surface area contributed by atoms with Crippen molar-refractivity contribution >= 4 is 20.4 Å². The summed E-state index contributed by atoms with van der Waals surface area (Å²) in [6, 6.07) is 0.464. The minimum atomic E-state index is -5.15. The molecule has 0 aliphatic heterocycles. The molecular formula is C29H48F6O3S2. The second-order valence-corrected chi connectivity index (χ2v) is 15.7. The van der Waals surface area contributed by atoms with E-state index >= 15 is 0 Å². The molecule has 0 fully saturated rings. The Bertz CT molecular complexity index is 878. The zero-order chi connectivity index (χ0) is 30.3. The summed E-state index contributed by atoms with van der Waals surface area (Å²) in [5.74, 6) is 1.42. The van der Waals surface area contributed by atoms with Crippen molar-refractivity contribution in [2.45, 2.75) is 134 Å². The van der Waals surface area contributed by atoms with Crippen molar-refractivity contribution in [1.82, 2.24) is 0 Å². The molecule has 0 spiro atoms. The summed E-state index contributed by atoms with van der Waals surface area (Å²) >= 11 is 0. The second-order valence-electron chi connectivity index (χ2n) is 10.6. The van der Waals surface area contributed by atoms with Gasteiger partial charge in [-0.15, -0.1) is 10.3 Å². The minimum absolute atomic E-state index is 0.0612. The zero-order valence-electron chi connectivity index (χ0n) is 24.3. The summed E-state index contributed by atoms with van der Waals surface area (Å²) in [6.45, 7) is 6.26. The van der Waals surface area contributed by atoms with Crippen LogP contribution in [0.1, 0.15) is 128 Å². The van der Waals surface area contributed by atoms with E-state index in [4.69, 9.17) is 3.63 Å². The quantitative estimate of drug-likeness (QED) is 0.101. The number of unbranched alkanes of at least 4 members (excludes halogenated alkanes) is 12.